The van der Waals surface area contributed by atoms with Crippen molar-refractivity contribution in [3.63, 3.8) is 0 Å². The number of aryl methyl sites for hydroxylation is 2. The Bertz CT molecular complexity index is 1140. The zero-order valence-corrected chi connectivity index (χ0v) is 17.8. The summed E-state index contributed by atoms with van der Waals surface area (Å²) in [5.41, 5.74) is 3.23. The Morgan fingerprint density at radius 2 is 1.64 bits per heavy atom. The zero-order chi connectivity index (χ0) is 20.3. The lowest BCUT2D eigenvalue weighted by Gasteiger charge is -2.12. The fourth-order valence-corrected chi connectivity index (χ4v) is 4.23. The third kappa shape index (κ3) is 4.61. The third-order valence-corrected chi connectivity index (χ3v) is 6.22. The number of carbonyl (C=O) groups is 1. The monoisotopic (exact) mass is 458 g/mol. The molecule has 0 aromatic heterocycles. The number of sulfonamides is 1. The molecule has 0 heterocycles. The lowest BCUT2D eigenvalue weighted by Crippen LogP contribution is -2.16. The second-order valence-corrected chi connectivity index (χ2v) is 8.92. The minimum atomic E-state index is -3.85. The number of nitrogens with one attached hydrogen (secondary N) is 2. The standard InChI is InChI=1S/C21H19BrN2O3S/c1-14-10-11-18(22)20(12-14)24-28(26,27)17-8-5-7-16(13-17)21(25)23-19-9-4-3-6-15(19)2/h3-13,24H,1-2H3,(H,23,25). The van der Waals surface area contributed by atoms with Gasteiger partial charge in [0, 0.05) is 15.7 Å². The molecule has 1 amide bonds. The maximum absolute atomic E-state index is 12.8. The smallest absolute Gasteiger partial charge is 0.261 e. The van der Waals surface area contributed by atoms with Gasteiger partial charge in [0.1, 0.15) is 0 Å². The van der Waals surface area contributed by atoms with Crippen LogP contribution in [-0.2, 0) is 10.0 Å². The molecule has 3 aromatic rings. The summed E-state index contributed by atoms with van der Waals surface area (Å²) in [6.45, 7) is 3.76. The summed E-state index contributed by atoms with van der Waals surface area (Å²) in [6, 6.07) is 18.7. The van der Waals surface area contributed by atoms with E-state index in [1.807, 2.05) is 38.1 Å². The van der Waals surface area contributed by atoms with Crippen molar-refractivity contribution in [2.75, 3.05) is 10.0 Å². The molecule has 0 atom stereocenters. The van der Waals surface area contributed by atoms with E-state index < -0.39 is 10.0 Å². The van der Waals surface area contributed by atoms with Crippen molar-refractivity contribution in [2.45, 2.75) is 18.7 Å². The topological polar surface area (TPSA) is 75.3 Å². The predicted molar refractivity (Wildman–Crippen MR) is 115 cm³/mol. The van der Waals surface area contributed by atoms with Gasteiger partial charge in [-0.2, -0.15) is 0 Å². The van der Waals surface area contributed by atoms with Gasteiger partial charge in [-0.25, -0.2) is 8.42 Å². The lowest BCUT2D eigenvalue weighted by molar-refractivity contribution is 0.102. The highest BCUT2D eigenvalue weighted by atomic mass is 79.9. The first-order chi connectivity index (χ1) is 13.3. The zero-order valence-electron chi connectivity index (χ0n) is 15.4. The Kier molecular flexibility index (Phi) is 5.86. The van der Waals surface area contributed by atoms with Gasteiger partial charge in [0.05, 0.1) is 10.6 Å². The van der Waals surface area contributed by atoms with Gasteiger partial charge in [-0.05, 0) is 77.3 Å². The predicted octanol–water partition coefficient (Wildman–Crippen LogP) is 5.12. The Labute approximate surface area is 173 Å². The molecule has 0 saturated carbocycles. The molecule has 0 aliphatic carbocycles. The highest BCUT2D eigenvalue weighted by molar-refractivity contribution is 9.10. The average molecular weight is 459 g/mol. The molecule has 3 aromatic carbocycles. The molecule has 5 nitrogen and oxygen atoms in total. The van der Waals surface area contributed by atoms with Gasteiger partial charge in [0.2, 0.25) is 0 Å². The van der Waals surface area contributed by atoms with Crippen LogP contribution in [0, 0.1) is 13.8 Å². The van der Waals surface area contributed by atoms with E-state index in [-0.39, 0.29) is 16.4 Å². The molecule has 0 aliphatic heterocycles. The summed E-state index contributed by atoms with van der Waals surface area (Å²) in [5, 5.41) is 2.81. The quantitative estimate of drug-likeness (QED) is 0.556. The van der Waals surface area contributed by atoms with Crippen LogP contribution in [0.2, 0.25) is 0 Å². The molecule has 2 N–H and O–H groups in total. The van der Waals surface area contributed by atoms with E-state index in [9.17, 15) is 13.2 Å². The van der Waals surface area contributed by atoms with E-state index in [2.05, 4.69) is 26.0 Å². The molecule has 0 radical (unpaired) electrons. The van der Waals surface area contributed by atoms with E-state index in [0.717, 1.165) is 11.1 Å². The Morgan fingerprint density at radius 1 is 0.893 bits per heavy atom. The average Bonchev–Trinajstić information content (AvgIpc) is 2.66. The van der Waals surface area contributed by atoms with Gasteiger partial charge in [-0.1, -0.05) is 30.3 Å². The van der Waals surface area contributed by atoms with Gasteiger partial charge in [0.15, 0.2) is 0 Å². The number of hydrogen-bond acceptors (Lipinski definition) is 3. The third-order valence-electron chi connectivity index (χ3n) is 4.17. The maximum Gasteiger partial charge on any atom is 0.261 e. The van der Waals surface area contributed by atoms with E-state index in [1.54, 1.807) is 30.3 Å². The van der Waals surface area contributed by atoms with Crippen LogP contribution < -0.4 is 10.0 Å². The number of carbonyl (C=O) groups excluding carboxylic acids is 1. The summed E-state index contributed by atoms with van der Waals surface area (Å²) >= 11 is 3.35. The fraction of sp³-hybridized carbons (Fsp3) is 0.0952. The van der Waals surface area contributed by atoms with E-state index in [0.29, 0.717) is 15.8 Å². The van der Waals surface area contributed by atoms with Crippen molar-refractivity contribution in [1.29, 1.82) is 0 Å². The molecular formula is C21H19BrN2O3S. The summed E-state index contributed by atoms with van der Waals surface area (Å²) in [6.07, 6.45) is 0. The second kappa shape index (κ2) is 8.16. The van der Waals surface area contributed by atoms with Gasteiger partial charge < -0.3 is 5.32 Å². The minimum Gasteiger partial charge on any atom is -0.322 e. The maximum atomic E-state index is 12.8. The molecular weight excluding hydrogens is 440 g/mol. The summed E-state index contributed by atoms with van der Waals surface area (Å²) in [5.74, 6) is -0.372. The van der Waals surface area contributed by atoms with Crippen LogP contribution in [0.4, 0.5) is 11.4 Å². The van der Waals surface area contributed by atoms with Crippen LogP contribution in [0.3, 0.4) is 0 Å². The molecule has 3 rings (SSSR count). The first kappa shape index (κ1) is 20.1. The number of halogens is 1. The van der Waals surface area contributed by atoms with Crippen LogP contribution in [0.1, 0.15) is 21.5 Å². The van der Waals surface area contributed by atoms with Crippen molar-refractivity contribution in [3.8, 4) is 0 Å². The molecule has 0 spiro atoms. The minimum absolute atomic E-state index is 0.0124. The highest BCUT2D eigenvalue weighted by Gasteiger charge is 2.18. The van der Waals surface area contributed by atoms with Crippen molar-refractivity contribution in [2.24, 2.45) is 0 Å². The molecule has 144 valence electrons. The molecule has 28 heavy (non-hydrogen) atoms. The second-order valence-electron chi connectivity index (χ2n) is 6.39. The van der Waals surface area contributed by atoms with Crippen molar-refractivity contribution in [3.05, 3.63) is 87.9 Å². The molecule has 0 aliphatic rings. The molecule has 7 heteroatoms. The van der Waals surface area contributed by atoms with Crippen molar-refractivity contribution < 1.29 is 13.2 Å². The van der Waals surface area contributed by atoms with Gasteiger partial charge in [-0.15, -0.1) is 0 Å². The number of rotatable bonds is 5. The first-order valence-electron chi connectivity index (χ1n) is 8.52. The number of anilines is 2. The van der Waals surface area contributed by atoms with Crippen LogP contribution in [0.15, 0.2) is 76.1 Å². The Balaban J connectivity index is 1.86. The fourth-order valence-electron chi connectivity index (χ4n) is 2.63. The van der Waals surface area contributed by atoms with E-state index >= 15 is 0 Å². The molecule has 0 unspecified atom stereocenters. The number of benzene rings is 3. The SMILES string of the molecule is Cc1ccc(Br)c(NS(=O)(=O)c2cccc(C(=O)Nc3ccccc3C)c2)c1. The molecule has 0 bridgehead atoms. The number of amides is 1. The van der Waals surface area contributed by atoms with Crippen molar-refractivity contribution in [1.82, 2.24) is 0 Å². The summed E-state index contributed by atoms with van der Waals surface area (Å²) < 4.78 is 28.8. The van der Waals surface area contributed by atoms with Gasteiger partial charge in [-0.3, -0.25) is 9.52 Å². The number of para-hydroxylation sites is 1. The lowest BCUT2D eigenvalue weighted by atomic mass is 10.1. The largest absolute Gasteiger partial charge is 0.322 e. The summed E-state index contributed by atoms with van der Waals surface area (Å²) in [4.78, 5) is 12.6. The van der Waals surface area contributed by atoms with E-state index in [1.165, 1.54) is 12.1 Å². The van der Waals surface area contributed by atoms with Crippen molar-refractivity contribution >= 4 is 43.2 Å². The highest BCUT2D eigenvalue weighted by Crippen LogP contribution is 2.26. The summed E-state index contributed by atoms with van der Waals surface area (Å²) in [7, 11) is -3.85. The van der Waals surface area contributed by atoms with E-state index in [4.69, 9.17) is 0 Å². The van der Waals surface area contributed by atoms with Crippen LogP contribution >= 0.6 is 15.9 Å². The van der Waals surface area contributed by atoms with Gasteiger partial charge in [0.25, 0.3) is 15.9 Å². The molecule has 0 saturated heterocycles. The first-order valence-corrected chi connectivity index (χ1v) is 10.8. The van der Waals surface area contributed by atoms with Crippen LogP contribution in [0.25, 0.3) is 0 Å². The number of hydrogen-bond donors (Lipinski definition) is 2. The molecule has 0 fully saturated rings. The Hall–Kier alpha value is -2.64. The normalized spacial score (nSPS) is 11.1. The van der Waals surface area contributed by atoms with Gasteiger partial charge >= 0.3 is 0 Å². The van der Waals surface area contributed by atoms with Crippen LogP contribution in [-0.4, -0.2) is 14.3 Å². The van der Waals surface area contributed by atoms with Crippen LogP contribution in [0.5, 0.6) is 0 Å². The Morgan fingerprint density at radius 3 is 2.39 bits per heavy atom.